The van der Waals surface area contributed by atoms with Crippen LogP contribution in [0.3, 0.4) is 0 Å². The molecule has 0 aliphatic heterocycles. The van der Waals surface area contributed by atoms with Crippen molar-refractivity contribution in [3.05, 3.63) is 43.4 Å². The molecule has 2 aromatic rings. The molecule has 0 unspecified atom stereocenters. The molecule has 1 aromatic carbocycles. The number of amides is 1. The molecule has 0 saturated heterocycles. The maximum atomic E-state index is 13.7. The third kappa shape index (κ3) is 3.81. The third-order valence-corrected chi connectivity index (χ3v) is 3.46. The van der Waals surface area contributed by atoms with Gasteiger partial charge in [-0.2, -0.15) is 5.10 Å². The Bertz CT molecular complexity index is 904. The fourth-order valence-corrected chi connectivity index (χ4v) is 1.97. The minimum absolute atomic E-state index is 0.0320. The number of tetrazole rings is 1. The second-order valence-electron chi connectivity index (χ2n) is 4.61. The van der Waals surface area contributed by atoms with Gasteiger partial charge in [0.2, 0.25) is 0 Å². The molecule has 0 saturated carbocycles. The van der Waals surface area contributed by atoms with Crippen molar-refractivity contribution in [1.82, 2.24) is 25.6 Å². The van der Waals surface area contributed by atoms with Crippen LogP contribution in [-0.2, 0) is 6.54 Å². The fraction of sp³-hybridized carbons (Fsp3) is 0.182. The number of hydrazone groups is 1. The van der Waals surface area contributed by atoms with Gasteiger partial charge in [0, 0.05) is 5.21 Å². The van der Waals surface area contributed by atoms with Gasteiger partial charge in [-0.15, -0.1) is 0 Å². The number of benzene rings is 1. The first-order valence-electron chi connectivity index (χ1n) is 6.40. The maximum absolute atomic E-state index is 13.7. The molecule has 1 aromatic heterocycles. The molecule has 15 heteroatoms. The Morgan fingerprint density at radius 3 is 2.35 bits per heavy atom. The summed E-state index contributed by atoms with van der Waals surface area (Å²) >= 11 is 2.32. The standard InChI is InChI=1S/C11H6BrF4N7O3/c1-3(2-22-20-11(19-21-22)23(25)26)17-18-10(24)4-6(13)8(15)5(12)9(16)7(4)14/h2H2,1H3,(H,18,24). The van der Waals surface area contributed by atoms with Gasteiger partial charge < -0.3 is 10.1 Å². The van der Waals surface area contributed by atoms with Gasteiger partial charge in [-0.25, -0.2) is 23.0 Å². The zero-order valence-electron chi connectivity index (χ0n) is 12.5. The molecule has 0 aliphatic carbocycles. The summed E-state index contributed by atoms with van der Waals surface area (Å²) in [6.07, 6.45) is 0. The van der Waals surface area contributed by atoms with Crippen LogP contribution in [0.1, 0.15) is 17.3 Å². The molecule has 26 heavy (non-hydrogen) atoms. The van der Waals surface area contributed by atoms with E-state index in [0.717, 1.165) is 4.80 Å². The van der Waals surface area contributed by atoms with Crippen LogP contribution >= 0.6 is 15.9 Å². The van der Waals surface area contributed by atoms with Gasteiger partial charge >= 0.3 is 5.95 Å². The van der Waals surface area contributed by atoms with Crippen molar-refractivity contribution >= 4 is 33.5 Å². The number of nitrogens with zero attached hydrogens (tertiary/aromatic N) is 6. The normalized spacial score (nSPS) is 11.5. The van der Waals surface area contributed by atoms with Gasteiger partial charge in [0.1, 0.15) is 12.1 Å². The SMILES string of the molecule is CC(Cn1nnc([N+](=O)[O-])n1)=NNC(=O)c1c(F)c(F)c(Br)c(F)c1F. The molecule has 0 spiro atoms. The van der Waals surface area contributed by atoms with E-state index in [2.05, 4.69) is 36.4 Å². The average molecular weight is 440 g/mol. The van der Waals surface area contributed by atoms with Crippen LogP contribution < -0.4 is 5.43 Å². The Morgan fingerprint density at radius 1 is 1.27 bits per heavy atom. The summed E-state index contributed by atoms with van der Waals surface area (Å²) in [4.78, 5) is 22.1. The number of halogens is 5. The summed E-state index contributed by atoms with van der Waals surface area (Å²) in [6, 6.07) is 0. The van der Waals surface area contributed by atoms with E-state index in [4.69, 9.17) is 0 Å². The minimum Gasteiger partial charge on any atom is -0.390 e. The molecular weight excluding hydrogens is 434 g/mol. The van der Waals surface area contributed by atoms with E-state index in [-0.39, 0.29) is 12.3 Å². The van der Waals surface area contributed by atoms with Crippen LogP contribution in [0.4, 0.5) is 23.5 Å². The molecule has 138 valence electrons. The van der Waals surface area contributed by atoms with Crippen LogP contribution in [0.2, 0.25) is 0 Å². The number of aromatic nitrogens is 4. The largest absolute Gasteiger partial charge is 0.514 e. The van der Waals surface area contributed by atoms with Crippen LogP contribution in [0, 0.1) is 33.4 Å². The number of rotatable bonds is 5. The quantitative estimate of drug-likeness (QED) is 0.188. The number of carbonyl (C=O) groups is 1. The van der Waals surface area contributed by atoms with E-state index in [1.54, 1.807) is 5.43 Å². The molecule has 10 nitrogen and oxygen atoms in total. The van der Waals surface area contributed by atoms with Crippen molar-refractivity contribution in [2.45, 2.75) is 13.5 Å². The molecule has 2 rings (SSSR count). The van der Waals surface area contributed by atoms with E-state index < -0.39 is 50.1 Å². The first-order valence-corrected chi connectivity index (χ1v) is 7.19. The van der Waals surface area contributed by atoms with Crippen molar-refractivity contribution < 1.29 is 27.3 Å². The van der Waals surface area contributed by atoms with Crippen molar-refractivity contribution in [3.8, 4) is 0 Å². The molecule has 1 N–H and O–H groups in total. The van der Waals surface area contributed by atoms with Gasteiger partial charge in [0.25, 0.3) is 5.91 Å². The number of nitrogens with one attached hydrogen (secondary N) is 1. The summed E-state index contributed by atoms with van der Waals surface area (Å²) in [5.41, 5.74) is 0.228. The summed E-state index contributed by atoms with van der Waals surface area (Å²) in [5, 5.41) is 23.7. The summed E-state index contributed by atoms with van der Waals surface area (Å²) in [6.45, 7) is 1.04. The second-order valence-corrected chi connectivity index (χ2v) is 5.40. The highest BCUT2D eigenvalue weighted by molar-refractivity contribution is 9.10. The molecule has 0 radical (unpaired) electrons. The zero-order valence-corrected chi connectivity index (χ0v) is 14.1. The molecule has 1 heterocycles. The van der Waals surface area contributed by atoms with Gasteiger partial charge in [-0.3, -0.25) is 4.79 Å². The molecule has 0 fully saturated rings. The van der Waals surface area contributed by atoms with Crippen LogP contribution in [0.15, 0.2) is 9.57 Å². The zero-order chi connectivity index (χ0) is 19.6. The van der Waals surface area contributed by atoms with E-state index >= 15 is 0 Å². The van der Waals surface area contributed by atoms with Gasteiger partial charge in [-0.1, -0.05) is 4.80 Å². The Kier molecular flexibility index (Phi) is 5.59. The second kappa shape index (κ2) is 7.51. The minimum atomic E-state index is -1.91. The number of hydrogen-bond donors (Lipinski definition) is 1. The Labute approximate surface area is 149 Å². The van der Waals surface area contributed by atoms with Gasteiger partial charge in [0.05, 0.1) is 20.4 Å². The predicted octanol–water partition coefficient (Wildman–Crippen LogP) is 1.71. The smallest absolute Gasteiger partial charge is 0.390 e. The molecule has 0 aliphatic rings. The lowest BCUT2D eigenvalue weighted by Crippen LogP contribution is -2.24. The highest BCUT2D eigenvalue weighted by Crippen LogP contribution is 2.28. The number of nitro groups is 1. The van der Waals surface area contributed by atoms with Crippen molar-refractivity contribution in [2.75, 3.05) is 0 Å². The fourth-order valence-electron chi connectivity index (χ4n) is 1.62. The third-order valence-electron chi connectivity index (χ3n) is 2.76. The van der Waals surface area contributed by atoms with E-state index in [0.29, 0.717) is 0 Å². The summed E-state index contributed by atoms with van der Waals surface area (Å²) in [5.74, 6) is -9.71. The number of hydrogen-bond acceptors (Lipinski definition) is 7. The molecule has 0 bridgehead atoms. The highest BCUT2D eigenvalue weighted by Gasteiger charge is 2.28. The van der Waals surface area contributed by atoms with Crippen molar-refractivity contribution in [2.24, 2.45) is 5.10 Å². The Hall–Kier alpha value is -2.97. The first kappa shape index (κ1) is 19.4. The van der Waals surface area contributed by atoms with E-state index in [1.807, 2.05) is 0 Å². The first-order chi connectivity index (χ1) is 12.1. The van der Waals surface area contributed by atoms with Gasteiger partial charge in [0.15, 0.2) is 23.3 Å². The average Bonchev–Trinajstić information content (AvgIpc) is 3.05. The lowest BCUT2D eigenvalue weighted by atomic mass is 10.1. The van der Waals surface area contributed by atoms with Crippen LogP contribution in [0.5, 0.6) is 0 Å². The van der Waals surface area contributed by atoms with Gasteiger partial charge in [-0.05, 0) is 27.8 Å². The van der Waals surface area contributed by atoms with Crippen LogP contribution in [-0.4, -0.2) is 36.7 Å². The lowest BCUT2D eigenvalue weighted by molar-refractivity contribution is -0.394. The lowest BCUT2D eigenvalue weighted by Gasteiger charge is -2.07. The molecule has 0 atom stereocenters. The molecular formula is C11H6BrF4N7O3. The molecule has 1 amide bonds. The highest BCUT2D eigenvalue weighted by atomic mass is 79.9. The maximum Gasteiger partial charge on any atom is 0.514 e. The monoisotopic (exact) mass is 439 g/mol. The number of carbonyl (C=O) groups excluding carboxylic acids is 1. The van der Waals surface area contributed by atoms with E-state index in [1.165, 1.54) is 6.92 Å². The Balaban J connectivity index is 2.17. The van der Waals surface area contributed by atoms with E-state index in [9.17, 15) is 32.5 Å². The summed E-state index contributed by atoms with van der Waals surface area (Å²) in [7, 11) is 0. The van der Waals surface area contributed by atoms with Crippen molar-refractivity contribution in [3.63, 3.8) is 0 Å². The topological polar surface area (TPSA) is 128 Å². The van der Waals surface area contributed by atoms with Crippen LogP contribution in [0.25, 0.3) is 0 Å². The van der Waals surface area contributed by atoms with Crippen molar-refractivity contribution in [1.29, 1.82) is 0 Å². The Morgan fingerprint density at radius 2 is 1.85 bits per heavy atom. The predicted molar refractivity (Wildman–Crippen MR) is 79.0 cm³/mol. The summed E-state index contributed by atoms with van der Waals surface area (Å²) < 4.78 is 53.1.